The van der Waals surface area contributed by atoms with Crippen LogP contribution in [0, 0.1) is 17.8 Å². The van der Waals surface area contributed by atoms with Gasteiger partial charge in [-0.25, -0.2) is 0 Å². The number of carbonyl (C=O) groups excluding carboxylic acids is 1. The first-order chi connectivity index (χ1) is 7.38. The predicted molar refractivity (Wildman–Crippen MR) is 68.2 cm³/mol. The van der Waals surface area contributed by atoms with Crippen molar-refractivity contribution in [2.24, 2.45) is 23.5 Å². The van der Waals surface area contributed by atoms with Crippen LogP contribution in [0.4, 0.5) is 0 Å². The number of carbonyl (C=O) groups is 1. The Bertz CT molecular complexity index is 247. The van der Waals surface area contributed by atoms with E-state index < -0.39 is 5.54 Å². The summed E-state index contributed by atoms with van der Waals surface area (Å²) in [6.45, 7) is 8.54. The molecule has 0 aromatic heterocycles. The molecule has 2 nitrogen and oxygen atoms in total. The van der Waals surface area contributed by atoms with Gasteiger partial charge in [-0.15, -0.1) is 0 Å². The van der Waals surface area contributed by atoms with Gasteiger partial charge in [0.1, 0.15) is 0 Å². The molecule has 0 aliphatic heterocycles. The van der Waals surface area contributed by atoms with E-state index in [4.69, 9.17) is 5.73 Å². The Labute approximate surface area is 100.0 Å². The maximum absolute atomic E-state index is 12.3. The van der Waals surface area contributed by atoms with Crippen LogP contribution in [-0.2, 0) is 4.79 Å². The molecule has 1 fully saturated rings. The average molecular weight is 225 g/mol. The van der Waals surface area contributed by atoms with Crippen molar-refractivity contribution >= 4 is 5.78 Å². The molecule has 4 atom stereocenters. The molecule has 1 aliphatic carbocycles. The molecule has 0 heterocycles. The second-order valence-electron chi connectivity index (χ2n) is 6.00. The highest BCUT2D eigenvalue weighted by Gasteiger charge is 2.36. The fourth-order valence-corrected chi connectivity index (χ4v) is 2.89. The lowest BCUT2D eigenvalue weighted by atomic mass is 9.71. The molecule has 2 N–H and O–H groups in total. The minimum atomic E-state index is -0.598. The molecule has 1 saturated carbocycles. The third-order valence-corrected chi connectivity index (χ3v) is 4.30. The third-order valence-electron chi connectivity index (χ3n) is 4.30. The van der Waals surface area contributed by atoms with Crippen LogP contribution in [-0.4, -0.2) is 11.3 Å². The second kappa shape index (κ2) is 5.31. The standard InChI is InChI=1S/C14H27NO/c1-5-8-14(4,15)13(16)12-7-6-10(2)11(3)9-12/h10-12H,5-9,15H2,1-4H3. The smallest absolute Gasteiger partial charge is 0.155 e. The number of nitrogens with two attached hydrogens (primary N) is 1. The maximum Gasteiger partial charge on any atom is 0.155 e. The largest absolute Gasteiger partial charge is 0.319 e. The van der Waals surface area contributed by atoms with Crippen molar-refractivity contribution in [2.45, 2.75) is 65.3 Å². The molecule has 4 unspecified atom stereocenters. The van der Waals surface area contributed by atoms with E-state index in [1.165, 1.54) is 6.42 Å². The van der Waals surface area contributed by atoms with Crippen LogP contribution >= 0.6 is 0 Å². The van der Waals surface area contributed by atoms with Crippen LogP contribution in [0.15, 0.2) is 0 Å². The second-order valence-corrected chi connectivity index (χ2v) is 6.00. The molecule has 0 bridgehead atoms. The van der Waals surface area contributed by atoms with E-state index in [1.807, 2.05) is 6.92 Å². The summed E-state index contributed by atoms with van der Waals surface area (Å²) in [7, 11) is 0. The number of hydrogen-bond donors (Lipinski definition) is 1. The Morgan fingerprint density at radius 1 is 1.31 bits per heavy atom. The molecular formula is C14H27NO. The topological polar surface area (TPSA) is 43.1 Å². The quantitative estimate of drug-likeness (QED) is 0.798. The van der Waals surface area contributed by atoms with Crippen molar-refractivity contribution in [3.63, 3.8) is 0 Å². The van der Waals surface area contributed by atoms with E-state index in [1.54, 1.807) is 0 Å². The Hall–Kier alpha value is -0.370. The number of ketones is 1. The lowest BCUT2D eigenvalue weighted by Crippen LogP contribution is -2.49. The summed E-state index contributed by atoms with van der Waals surface area (Å²) in [5.74, 6) is 1.94. The summed E-state index contributed by atoms with van der Waals surface area (Å²) in [4.78, 5) is 12.3. The number of Topliss-reactive ketones (excluding diaryl/α,β-unsaturated/α-hetero) is 1. The Morgan fingerprint density at radius 2 is 1.94 bits per heavy atom. The van der Waals surface area contributed by atoms with Crippen molar-refractivity contribution in [2.75, 3.05) is 0 Å². The highest BCUT2D eigenvalue weighted by atomic mass is 16.1. The van der Waals surface area contributed by atoms with E-state index in [2.05, 4.69) is 20.8 Å². The van der Waals surface area contributed by atoms with Gasteiger partial charge in [-0.05, 0) is 44.4 Å². The van der Waals surface area contributed by atoms with Gasteiger partial charge in [0.2, 0.25) is 0 Å². The third kappa shape index (κ3) is 3.07. The molecular weight excluding hydrogens is 198 g/mol. The summed E-state index contributed by atoms with van der Waals surface area (Å²) in [6.07, 6.45) is 5.06. The van der Waals surface area contributed by atoms with Gasteiger partial charge >= 0.3 is 0 Å². The maximum atomic E-state index is 12.3. The van der Waals surface area contributed by atoms with Gasteiger partial charge in [0.25, 0.3) is 0 Å². The van der Waals surface area contributed by atoms with Crippen molar-refractivity contribution < 1.29 is 4.79 Å². The van der Waals surface area contributed by atoms with Crippen molar-refractivity contribution in [1.82, 2.24) is 0 Å². The average Bonchev–Trinajstić information content (AvgIpc) is 2.21. The minimum Gasteiger partial charge on any atom is -0.319 e. The first-order valence-electron chi connectivity index (χ1n) is 6.71. The molecule has 0 aromatic rings. The zero-order valence-electron chi connectivity index (χ0n) is 11.3. The first kappa shape index (κ1) is 13.7. The van der Waals surface area contributed by atoms with E-state index in [0.29, 0.717) is 11.7 Å². The zero-order chi connectivity index (χ0) is 12.3. The number of hydrogen-bond acceptors (Lipinski definition) is 2. The fourth-order valence-electron chi connectivity index (χ4n) is 2.89. The molecule has 0 radical (unpaired) electrons. The summed E-state index contributed by atoms with van der Waals surface area (Å²) in [5, 5.41) is 0. The lowest BCUT2D eigenvalue weighted by Gasteiger charge is -2.35. The summed E-state index contributed by atoms with van der Waals surface area (Å²) in [6, 6.07) is 0. The van der Waals surface area contributed by atoms with E-state index in [0.717, 1.165) is 31.6 Å². The van der Waals surface area contributed by atoms with E-state index in [-0.39, 0.29) is 5.92 Å². The monoisotopic (exact) mass is 225 g/mol. The molecule has 16 heavy (non-hydrogen) atoms. The van der Waals surface area contributed by atoms with Crippen LogP contribution in [0.5, 0.6) is 0 Å². The molecule has 1 aliphatic rings. The normalized spacial score (nSPS) is 34.4. The zero-order valence-corrected chi connectivity index (χ0v) is 11.3. The highest BCUT2D eigenvalue weighted by molar-refractivity contribution is 5.89. The van der Waals surface area contributed by atoms with Crippen molar-refractivity contribution in [3.8, 4) is 0 Å². The predicted octanol–water partition coefficient (Wildman–Crippen LogP) is 3.15. The first-order valence-corrected chi connectivity index (χ1v) is 6.71. The summed E-state index contributed by atoms with van der Waals surface area (Å²) >= 11 is 0. The molecule has 0 spiro atoms. The molecule has 1 rings (SSSR count). The van der Waals surface area contributed by atoms with Gasteiger partial charge in [0, 0.05) is 5.92 Å². The Balaban J connectivity index is 2.61. The van der Waals surface area contributed by atoms with Crippen LogP contribution in [0.25, 0.3) is 0 Å². The van der Waals surface area contributed by atoms with Gasteiger partial charge in [-0.1, -0.05) is 27.2 Å². The van der Waals surface area contributed by atoms with E-state index in [9.17, 15) is 4.79 Å². The van der Waals surface area contributed by atoms with Crippen molar-refractivity contribution in [3.05, 3.63) is 0 Å². The van der Waals surface area contributed by atoms with E-state index >= 15 is 0 Å². The number of rotatable bonds is 4. The minimum absolute atomic E-state index is 0.216. The van der Waals surface area contributed by atoms with Crippen LogP contribution < -0.4 is 5.73 Å². The Morgan fingerprint density at radius 3 is 2.44 bits per heavy atom. The van der Waals surface area contributed by atoms with Gasteiger partial charge in [-0.3, -0.25) is 4.79 Å². The van der Waals surface area contributed by atoms with Gasteiger partial charge in [-0.2, -0.15) is 0 Å². The van der Waals surface area contributed by atoms with Crippen LogP contribution in [0.2, 0.25) is 0 Å². The van der Waals surface area contributed by atoms with Crippen LogP contribution in [0.3, 0.4) is 0 Å². The molecule has 0 amide bonds. The molecule has 0 saturated heterocycles. The van der Waals surface area contributed by atoms with Crippen LogP contribution in [0.1, 0.15) is 59.8 Å². The highest BCUT2D eigenvalue weighted by Crippen LogP contribution is 2.35. The van der Waals surface area contributed by atoms with Gasteiger partial charge in [0.05, 0.1) is 5.54 Å². The molecule has 2 heteroatoms. The summed E-state index contributed by atoms with van der Waals surface area (Å²) in [5.41, 5.74) is 5.53. The van der Waals surface area contributed by atoms with Gasteiger partial charge in [0.15, 0.2) is 5.78 Å². The van der Waals surface area contributed by atoms with Gasteiger partial charge < -0.3 is 5.73 Å². The molecule has 94 valence electrons. The fraction of sp³-hybridized carbons (Fsp3) is 0.929. The lowest BCUT2D eigenvalue weighted by molar-refractivity contribution is -0.129. The van der Waals surface area contributed by atoms with Crippen molar-refractivity contribution in [1.29, 1.82) is 0 Å². The Kier molecular flexibility index (Phi) is 4.54. The SMILES string of the molecule is CCCC(C)(N)C(=O)C1CCC(C)C(C)C1. The summed E-state index contributed by atoms with van der Waals surface area (Å²) < 4.78 is 0. The molecule has 0 aromatic carbocycles.